The van der Waals surface area contributed by atoms with Gasteiger partial charge in [-0.3, -0.25) is 4.79 Å². The molecule has 0 bridgehead atoms. The van der Waals surface area contributed by atoms with Crippen LogP contribution in [0, 0.1) is 10.8 Å². The Morgan fingerprint density at radius 2 is 1.64 bits per heavy atom. The summed E-state index contributed by atoms with van der Waals surface area (Å²) in [5.41, 5.74) is 1.54. The average molecular weight is 409 g/mol. The molecule has 0 aliphatic carbocycles. The highest BCUT2D eigenvalue weighted by Crippen LogP contribution is 2.39. The van der Waals surface area contributed by atoms with Crippen molar-refractivity contribution in [3.8, 4) is 0 Å². The molecule has 158 valence electrons. The van der Waals surface area contributed by atoms with Crippen molar-refractivity contribution in [2.75, 3.05) is 19.8 Å². The number of hydrogen-bond acceptors (Lipinski definition) is 5. The lowest BCUT2D eigenvalue weighted by atomic mass is 9.83. The highest BCUT2D eigenvalue weighted by atomic mass is 32.2. The van der Waals surface area contributed by atoms with Crippen LogP contribution in [-0.2, 0) is 9.47 Å². The molecule has 2 rings (SSSR count). The quantitative estimate of drug-likeness (QED) is 0.607. The number of aliphatic hydroxyl groups is 1. The van der Waals surface area contributed by atoms with E-state index in [1.165, 1.54) is 11.8 Å². The predicted molar refractivity (Wildman–Crippen MR) is 116 cm³/mol. The summed E-state index contributed by atoms with van der Waals surface area (Å²) in [6.45, 7) is 14.0. The van der Waals surface area contributed by atoms with E-state index in [0.29, 0.717) is 18.8 Å². The second-order valence-electron chi connectivity index (χ2n) is 9.43. The van der Waals surface area contributed by atoms with Gasteiger partial charge in [-0.25, -0.2) is 0 Å². The number of thioether (sulfide) groups is 1. The van der Waals surface area contributed by atoms with E-state index in [4.69, 9.17) is 9.47 Å². The van der Waals surface area contributed by atoms with Gasteiger partial charge in [-0.2, -0.15) is 0 Å². The molecule has 1 N–H and O–H groups in total. The molecule has 4 nitrogen and oxygen atoms in total. The largest absolute Gasteiger partial charge is 0.396 e. The van der Waals surface area contributed by atoms with Gasteiger partial charge in [-0.15, -0.1) is 0 Å². The molecule has 28 heavy (non-hydrogen) atoms. The van der Waals surface area contributed by atoms with E-state index in [0.717, 1.165) is 24.8 Å². The Bertz CT molecular complexity index is 637. The molecule has 1 saturated heterocycles. The maximum Gasteiger partial charge on any atom is 0.219 e. The van der Waals surface area contributed by atoms with Gasteiger partial charge in [0.25, 0.3) is 0 Å². The van der Waals surface area contributed by atoms with Crippen molar-refractivity contribution in [1.82, 2.24) is 0 Å². The Morgan fingerprint density at radius 1 is 1.11 bits per heavy atom. The summed E-state index contributed by atoms with van der Waals surface area (Å²) in [4.78, 5) is 12.7. The van der Waals surface area contributed by atoms with Crippen molar-refractivity contribution < 1.29 is 19.4 Å². The van der Waals surface area contributed by atoms with Gasteiger partial charge in [0.15, 0.2) is 6.29 Å². The molecule has 1 aliphatic heterocycles. The van der Waals surface area contributed by atoms with Crippen molar-refractivity contribution >= 4 is 16.9 Å². The molecule has 0 radical (unpaired) electrons. The third kappa shape index (κ3) is 6.06. The summed E-state index contributed by atoms with van der Waals surface area (Å²) >= 11 is 1.33. The standard InChI is InChI=1S/C23H36O4S/c1-7-23(8-2)15-26-20(27-16-23)18-11-9-17(10-12-18)19(25)28-22(5,6)13-21(3,4)14-24/h9-12,20,24H,7-8,13-16H2,1-6H3. The maximum absolute atomic E-state index is 12.7. The van der Waals surface area contributed by atoms with E-state index in [2.05, 4.69) is 27.7 Å². The summed E-state index contributed by atoms with van der Waals surface area (Å²) in [6, 6.07) is 7.56. The fourth-order valence-electron chi connectivity index (χ4n) is 3.78. The summed E-state index contributed by atoms with van der Waals surface area (Å²) in [5, 5.41) is 9.56. The number of aliphatic hydroxyl groups excluding tert-OH is 1. The Hall–Kier alpha value is -0.880. The molecule has 1 aliphatic rings. The Labute approximate surface area is 174 Å². The molecule has 0 spiro atoms. The van der Waals surface area contributed by atoms with Crippen LogP contribution in [0.5, 0.6) is 0 Å². The van der Waals surface area contributed by atoms with Gasteiger partial charge in [0.2, 0.25) is 5.12 Å². The zero-order chi connectivity index (χ0) is 21.0. The van der Waals surface area contributed by atoms with Gasteiger partial charge in [0, 0.05) is 27.9 Å². The first kappa shape index (κ1) is 23.4. The molecule has 0 atom stereocenters. The van der Waals surface area contributed by atoms with Gasteiger partial charge in [0.1, 0.15) is 0 Å². The van der Waals surface area contributed by atoms with Crippen LogP contribution in [0.3, 0.4) is 0 Å². The summed E-state index contributed by atoms with van der Waals surface area (Å²) in [5.74, 6) is 0. The van der Waals surface area contributed by atoms with Crippen molar-refractivity contribution in [3.63, 3.8) is 0 Å². The molecule has 0 saturated carbocycles. The second-order valence-corrected chi connectivity index (χ2v) is 11.1. The van der Waals surface area contributed by atoms with E-state index in [9.17, 15) is 9.90 Å². The lowest BCUT2D eigenvalue weighted by Crippen LogP contribution is -2.37. The molecule has 1 aromatic rings. The highest BCUT2D eigenvalue weighted by Gasteiger charge is 2.35. The van der Waals surface area contributed by atoms with Crippen LogP contribution in [0.25, 0.3) is 0 Å². The smallest absolute Gasteiger partial charge is 0.219 e. The van der Waals surface area contributed by atoms with Gasteiger partial charge >= 0.3 is 0 Å². The summed E-state index contributed by atoms with van der Waals surface area (Å²) in [7, 11) is 0. The molecule has 0 aromatic heterocycles. The van der Waals surface area contributed by atoms with Crippen LogP contribution in [0.2, 0.25) is 0 Å². The number of carbonyl (C=O) groups is 1. The number of hydrogen-bond donors (Lipinski definition) is 1. The first-order valence-electron chi connectivity index (χ1n) is 10.2. The SMILES string of the molecule is CCC1(CC)COC(c2ccc(C(=O)SC(C)(C)CC(C)(C)CO)cc2)OC1. The fourth-order valence-corrected chi connectivity index (χ4v) is 4.99. The number of benzene rings is 1. The minimum Gasteiger partial charge on any atom is -0.396 e. The van der Waals surface area contributed by atoms with E-state index in [-0.39, 0.29) is 33.6 Å². The number of rotatable bonds is 8. The zero-order valence-corrected chi connectivity index (χ0v) is 19.0. The third-order valence-electron chi connectivity index (χ3n) is 5.70. The molecule has 1 heterocycles. The van der Waals surface area contributed by atoms with Crippen LogP contribution in [0.1, 0.15) is 83.0 Å². The Morgan fingerprint density at radius 3 is 2.11 bits per heavy atom. The molecular weight excluding hydrogens is 372 g/mol. The minimum absolute atomic E-state index is 0.0479. The van der Waals surface area contributed by atoms with Gasteiger partial charge in [-0.05, 0) is 24.7 Å². The molecule has 1 aromatic carbocycles. The van der Waals surface area contributed by atoms with Crippen LogP contribution in [0.4, 0.5) is 0 Å². The van der Waals surface area contributed by atoms with Crippen LogP contribution in [-0.4, -0.2) is 34.8 Å². The van der Waals surface area contributed by atoms with Crippen LogP contribution < -0.4 is 0 Å². The first-order valence-corrected chi connectivity index (χ1v) is 11.0. The van der Waals surface area contributed by atoms with E-state index in [1.807, 2.05) is 38.1 Å². The minimum atomic E-state index is -0.357. The zero-order valence-electron chi connectivity index (χ0n) is 18.2. The molecular formula is C23H36O4S. The van der Waals surface area contributed by atoms with Crippen LogP contribution >= 0.6 is 11.8 Å². The van der Waals surface area contributed by atoms with Crippen molar-refractivity contribution in [2.24, 2.45) is 10.8 Å². The van der Waals surface area contributed by atoms with Crippen LogP contribution in [0.15, 0.2) is 24.3 Å². The first-order chi connectivity index (χ1) is 13.1. The van der Waals surface area contributed by atoms with Gasteiger partial charge < -0.3 is 14.6 Å². The highest BCUT2D eigenvalue weighted by molar-refractivity contribution is 8.15. The second kappa shape index (κ2) is 9.29. The Balaban J connectivity index is 1.98. The number of ether oxygens (including phenoxy) is 2. The molecule has 1 fully saturated rings. The van der Waals surface area contributed by atoms with E-state index in [1.54, 1.807) is 0 Å². The van der Waals surface area contributed by atoms with E-state index < -0.39 is 0 Å². The predicted octanol–water partition coefficient (Wildman–Crippen LogP) is 5.60. The summed E-state index contributed by atoms with van der Waals surface area (Å²) < 4.78 is 11.7. The van der Waals surface area contributed by atoms with Crippen molar-refractivity contribution in [3.05, 3.63) is 35.4 Å². The lowest BCUT2D eigenvalue weighted by Gasteiger charge is -2.39. The van der Waals surface area contributed by atoms with Gasteiger partial charge in [-0.1, -0.05) is 77.6 Å². The summed E-state index contributed by atoms with van der Waals surface area (Å²) in [6.07, 6.45) is 2.49. The van der Waals surface area contributed by atoms with Crippen molar-refractivity contribution in [1.29, 1.82) is 0 Å². The Kier molecular flexibility index (Phi) is 7.76. The maximum atomic E-state index is 12.7. The van der Waals surface area contributed by atoms with E-state index >= 15 is 0 Å². The lowest BCUT2D eigenvalue weighted by molar-refractivity contribution is -0.235. The molecule has 0 amide bonds. The molecule has 0 unspecified atom stereocenters. The van der Waals surface area contributed by atoms with Crippen molar-refractivity contribution in [2.45, 2.75) is 71.8 Å². The topological polar surface area (TPSA) is 55.8 Å². The van der Waals surface area contributed by atoms with Gasteiger partial charge in [0.05, 0.1) is 13.2 Å². The molecule has 5 heteroatoms. The normalized spacial score (nSPS) is 18.2. The average Bonchev–Trinajstić information content (AvgIpc) is 2.67. The fraction of sp³-hybridized carbons (Fsp3) is 0.696. The monoisotopic (exact) mass is 408 g/mol. The number of carbonyl (C=O) groups excluding carboxylic acids is 1. The third-order valence-corrected chi connectivity index (χ3v) is 6.82.